The van der Waals surface area contributed by atoms with E-state index in [0.717, 1.165) is 47.0 Å². The second-order valence-electron chi connectivity index (χ2n) is 8.93. The molecule has 1 atom stereocenters. The third-order valence-corrected chi connectivity index (χ3v) is 6.67. The van der Waals surface area contributed by atoms with Crippen molar-refractivity contribution in [3.05, 3.63) is 70.4 Å². The maximum absolute atomic E-state index is 13.0. The monoisotopic (exact) mass is 444 g/mol. The quantitative estimate of drug-likeness (QED) is 0.666. The minimum absolute atomic E-state index is 0.0125. The zero-order chi connectivity index (χ0) is 22.9. The van der Waals surface area contributed by atoms with Gasteiger partial charge in [0.1, 0.15) is 11.6 Å². The lowest BCUT2D eigenvalue weighted by atomic mass is 9.95. The Bertz CT molecular complexity index is 1190. The first-order valence-corrected chi connectivity index (χ1v) is 11.5. The molecule has 170 valence electrons. The van der Waals surface area contributed by atoms with E-state index in [1.807, 2.05) is 49.1 Å². The number of fused-ring (bicyclic) bond motifs is 1. The highest BCUT2D eigenvalue weighted by atomic mass is 16.2. The number of hydrogen-bond donors (Lipinski definition) is 1. The number of anilines is 1. The van der Waals surface area contributed by atoms with Crippen LogP contribution in [0.4, 0.5) is 5.82 Å². The molecule has 4 heterocycles. The van der Waals surface area contributed by atoms with E-state index in [0.29, 0.717) is 38.0 Å². The molecular weight excluding hydrogens is 416 g/mol. The second-order valence-corrected chi connectivity index (χ2v) is 8.93. The molecule has 0 aliphatic carbocycles. The van der Waals surface area contributed by atoms with E-state index >= 15 is 0 Å². The first-order chi connectivity index (χ1) is 16.0. The molecule has 0 radical (unpaired) electrons. The lowest BCUT2D eigenvalue weighted by molar-refractivity contribution is -0.119. The first kappa shape index (κ1) is 21.3. The third kappa shape index (κ3) is 4.13. The van der Waals surface area contributed by atoms with Crippen LogP contribution < -0.4 is 4.90 Å². The van der Waals surface area contributed by atoms with E-state index in [-0.39, 0.29) is 17.7 Å². The maximum Gasteiger partial charge on any atom is 0.257 e. The fourth-order valence-electron chi connectivity index (χ4n) is 4.82. The van der Waals surface area contributed by atoms with Crippen LogP contribution in [0, 0.1) is 13.8 Å². The predicted molar refractivity (Wildman–Crippen MR) is 124 cm³/mol. The van der Waals surface area contributed by atoms with Crippen LogP contribution >= 0.6 is 0 Å². The molecule has 2 amide bonds. The summed E-state index contributed by atoms with van der Waals surface area (Å²) in [7, 11) is 0. The average molecular weight is 445 g/mol. The topological polar surface area (TPSA) is 95.1 Å². The minimum Gasteiger partial charge on any atom is -0.338 e. The maximum atomic E-state index is 13.0. The summed E-state index contributed by atoms with van der Waals surface area (Å²) in [5, 5.41) is 6.83. The molecule has 1 saturated heterocycles. The number of likely N-dealkylation sites (tertiary alicyclic amines) is 1. The molecule has 1 fully saturated rings. The van der Waals surface area contributed by atoms with Crippen LogP contribution in [0.5, 0.6) is 0 Å². The van der Waals surface area contributed by atoms with Gasteiger partial charge in [0, 0.05) is 42.4 Å². The summed E-state index contributed by atoms with van der Waals surface area (Å²) in [4.78, 5) is 39.4. The van der Waals surface area contributed by atoms with Crippen molar-refractivity contribution in [1.29, 1.82) is 0 Å². The van der Waals surface area contributed by atoms with Gasteiger partial charge in [-0.1, -0.05) is 30.3 Å². The van der Waals surface area contributed by atoms with Gasteiger partial charge in [0.2, 0.25) is 5.91 Å². The van der Waals surface area contributed by atoms with Gasteiger partial charge in [-0.05, 0) is 38.7 Å². The average Bonchev–Trinajstić information content (AvgIpc) is 3.27. The Morgan fingerprint density at radius 1 is 1.15 bits per heavy atom. The molecule has 1 N–H and O–H groups in total. The summed E-state index contributed by atoms with van der Waals surface area (Å²) in [5.41, 5.74) is 4.43. The second kappa shape index (κ2) is 8.77. The van der Waals surface area contributed by atoms with Gasteiger partial charge in [0.05, 0.1) is 18.3 Å². The number of aryl methyl sites for hydroxylation is 2. The van der Waals surface area contributed by atoms with Gasteiger partial charge in [-0.15, -0.1) is 0 Å². The van der Waals surface area contributed by atoms with Crippen molar-refractivity contribution in [2.45, 2.75) is 52.0 Å². The van der Waals surface area contributed by atoms with Gasteiger partial charge in [0.15, 0.2) is 0 Å². The summed E-state index contributed by atoms with van der Waals surface area (Å²) in [6.07, 6.45) is 4.53. The highest BCUT2D eigenvalue weighted by Gasteiger charge is 2.32. The van der Waals surface area contributed by atoms with Gasteiger partial charge in [-0.3, -0.25) is 19.6 Å². The van der Waals surface area contributed by atoms with E-state index in [4.69, 9.17) is 9.97 Å². The summed E-state index contributed by atoms with van der Waals surface area (Å²) in [5.74, 6) is 1.56. The van der Waals surface area contributed by atoms with E-state index in [2.05, 4.69) is 10.2 Å². The lowest BCUT2D eigenvalue weighted by Gasteiger charge is -2.34. The Kier molecular flexibility index (Phi) is 5.66. The van der Waals surface area contributed by atoms with Gasteiger partial charge >= 0.3 is 0 Å². The van der Waals surface area contributed by atoms with Crippen molar-refractivity contribution in [3.8, 4) is 0 Å². The van der Waals surface area contributed by atoms with Gasteiger partial charge in [-0.25, -0.2) is 9.97 Å². The number of H-pyrrole nitrogens is 1. The highest BCUT2D eigenvalue weighted by Crippen LogP contribution is 2.33. The number of amides is 2. The smallest absolute Gasteiger partial charge is 0.257 e. The fraction of sp³-hybridized carbons (Fsp3) is 0.400. The van der Waals surface area contributed by atoms with E-state index in [1.165, 1.54) is 0 Å². The van der Waals surface area contributed by atoms with Crippen molar-refractivity contribution in [2.24, 2.45) is 0 Å². The summed E-state index contributed by atoms with van der Waals surface area (Å²) in [6.45, 7) is 5.63. The van der Waals surface area contributed by atoms with E-state index < -0.39 is 0 Å². The number of carbonyl (C=O) groups is 2. The molecule has 0 unspecified atom stereocenters. The number of piperidine rings is 1. The number of nitrogens with one attached hydrogen (secondary N) is 1. The number of hydrogen-bond acceptors (Lipinski definition) is 5. The van der Waals surface area contributed by atoms with Crippen LogP contribution in [0.2, 0.25) is 0 Å². The molecule has 2 aromatic heterocycles. The molecule has 2 aliphatic rings. The van der Waals surface area contributed by atoms with Crippen molar-refractivity contribution < 1.29 is 9.59 Å². The summed E-state index contributed by atoms with van der Waals surface area (Å²) in [6, 6.07) is 9.99. The number of nitrogens with zero attached hydrogens (tertiary/aromatic N) is 5. The molecular formula is C25H28N6O2. The van der Waals surface area contributed by atoms with Crippen molar-refractivity contribution in [3.63, 3.8) is 0 Å². The van der Waals surface area contributed by atoms with Crippen LogP contribution in [0.15, 0.2) is 36.5 Å². The molecule has 0 bridgehead atoms. The third-order valence-electron chi connectivity index (χ3n) is 6.67. The molecule has 3 aromatic rings. The van der Waals surface area contributed by atoms with E-state index in [1.54, 1.807) is 11.1 Å². The number of aromatic nitrogens is 4. The molecule has 8 heteroatoms. The Labute approximate surface area is 193 Å². The SMILES string of the molecule is Cc1nc([C@@H]2CCCN(C(=O)c3cn[nH]c3C)C2)nc2c1CCC(=O)N2Cc1ccccc1. The van der Waals surface area contributed by atoms with Crippen LogP contribution in [0.3, 0.4) is 0 Å². The predicted octanol–water partition coefficient (Wildman–Crippen LogP) is 3.32. The summed E-state index contributed by atoms with van der Waals surface area (Å²) >= 11 is 0. The Morgan fingerprint density at radius 2 is 1.97 bits per heavy atom. The molecule has 0 spiro atoms. The zero-order valence-corrected chi connectivity index (χ0v) is 19.0. The van der Waals surface area contributed by atoms with E-state index in [9.17, 15) is 9.59 Å². The Hall–Kier alpha value is -3.55. The largest absolute Gasteiger partial charge is 0.338 e. The summed E-state index contributed by atoms with van der Waals surface area (Å²) < 4.78 is 0. The number of rotatable bonds is 4. The van der Waals surface area contributed by atoms with Crippen LogP contribution in [-0.2, 0) is 17.8 Å². The lowest BCUT2D eigenvalue weighted by Crippen LogP contribution is -2.40. The molecule has 1 aromatic carbocycles. The van der Waals surface area contributed by atoms with Crippen LogP contribution in [-0.4, -0.2) is 50.0 Å². The van der Waals surface area contributed by atoms with Gasteiger partial charge < -0.3 is 4.90 Å². The highest BCUT2D eigenvalue weighted by molar-refractivity contribution is 5.96. The van der Waals surface area contributed by atoms with Crippen molar-refractivity contribution in [1.82, 2.24) is 25.1 Å². The first-order valence-electron chi connectivity index (χ1n) is 11.5. The van der Waals surface area contributed by atoms with Crippen LogP contribution in [0.1, 0.15) is 63.9 Å². The standard InChI is InChI=1S/C25H28N6O2/c1-16-20-10-11-22(32)31(14-18-7-4-3-5-8-18)24(20)28-23(27-16)19-9-6-12-30(15-19)25(33)21-13-26-29-17(21)2/h3-5,7-8,13,19H,6,9-12,14-15H2,1-2H3,(H,26,29)/t19-/m1/s1. The fourth-order valence-corrected chi connectivity index (χ4v) is 4.82. The molecule has 2 aliphatic heterocycles. The Balaban J connectivity index is 1.43. The normalized spacial score (nSPS) is 18.4. The van der Waals surface area contributed by atoms with Crippen LogP contribution in [0.25, 0.3) is 0 Å². The molecule has 5 rings (SSSR count). The zero-order valence-electron chi connectivity index (χ0n) is 19.0. The van der Waals surface area contributed by atoms with Crippen molar-refractivity contribution >= 4 is 17.6 Å². The molecule has 33 heavy (non-hydrogen) atoms. The number of aromatic amines is 1. The Morgan fingerprint density at radius 3 is 2.73 bits per heavy atom. The molecule has 0 saturated carbocycles. The van der Waals surface area contributed by atoms with Crippen molar-refractivity contribution in [2.75, 3.05) is 18.0 Å². The molecule has 8 nitrogen and oxygen atoms in total. The van der Waals surface area contributed by atoms with Gasteiger partial charge in [0.25, 0.3) is 5.91 Å². The number of benzene rings is 1. The minimum atomic E-state index is -0.0125. The number of carbonyl (C=O) groups excluding carboxylic acids is 2. The van der Waals surface area contributed by atoms with Gasteiger partial charge in [-0.2, -0.15) is 5.10 Å².